The summed E-state index contributed by atoms with van der Waals surface area (Å²) in [7, 11) is 3.45. The highest BCUT2D eigenvalue weighted by Gasteiger charge is 2.53. The van der Waals surface area contributed by atoms with Gasteiger partial charge in [-0.05, 0) is 100.0 Å². The maximum atomic E-state index is 12.0. The minimum absolute atomic E-state index is 0.105. The van der Waals surface area contributed by atoms with Gasteiger partial charge in [-0.2, -0.15) is 0 Å². The lowest BCUT2D eigenvalue weighted by molar-refractivity contribution is -0.0439. The maximum Gasteiger partial charge on any atom is 0.338 e. The van der Waals surface area contributed by atoms with E-state index < -0.39 is 0 Å². The van der Waals surface area contributed by atoms with Crippen LogP contribution >= 0.6 is 0 Å². The van der Waals surface area contributed by atoms with Gasteiger partial charge in [0.05, 0.1) is 19.3 Å². The van der Waals surface area contributed by atoms with Crippen molar-refractivity contribution in [1.82, 2.24) is 0 Å². The number of rotatable bonds is 9. The molecule has 2 aromatic rings. The lowest BCUT2D eigenvalue weighted by Gasteiger charge is -2.57. The normalized spacial score (nSPS) is 27.3. The molecule has 6 rings (SSSR count). The van der Waals surface area contributed by atoms with Gasteiger partial charge in [0.2, 0.25) is 0 Å². The Kier molecular flexibility index (Phi) is 7.11. The molecule has 4 saturated carbocycles. The number of carbonyl (C=O) groups excluding carboxylic acids is 1. The van der Waals surface area contributed by atoms with Crippen LogP contribution in [0.4, 0.5) is 0 Å². The molecule has 5 nitrogen and oxygen atoms in total. The van der Waals surface area contributed by atoms with Gasteiger partial charge in [-0.3, -0.25) is 0 Å². The summed E-state index contributed by atoms with van der Waals surface area (Å²) in [6.07, 6.45) is 11.6. The monoisotopic (exact) mass is 490 g/mol. The van der Waals surface area contributed by atoms with E-state index in [1.165, 1.54) is 44.1 Å². The van der Waals surface area contributed by atoms with Crippen molar-refractivity contribution in [3.63, 3.8) is 0 Å². The van der Waals surface area contributed by atoms with E-state index in [1.807, 2.05) is 26.0 Å². The summed E-state index contributed by atoms with van der Waals surface area (Å²) >= 11 is 0. The van der Waals surface area contributed by atoms with Crippen molar-refractivity contribution in [1.29, 1.82) is 0 Å². The molecule has 4 bridgehead atoms. The van der Waals surface area contributed by atoms with E-state index in [9.17, 15) is 4.79 Å². The van der Waals surface area contributed by atoms with Crippen LogP contribution < -0.4 is 9.47 Å². The van der Waals surface area contributed by atoms with Crippen molar-refractivity contribution in [3.05, 3.63) is 58.7 Å². The molecular weight excluding hydrogens is 452 g/mol. The second kappa shape index (κ2) is 10.3. The molecule has 0 aliphatic heterocycles. The van der Waals surface area contributed by atoms with Crippen LogP contribution in [0.25, 0.3) is 12.2 Å². The van der Waals surface area contributed by atoms with Crippen molar-refractivity contribution in [3.8, 4) is 11.5 Å². The molecule has 0 N–H and O–H groups in total. The first kappa shape index (κ1) is 24.9. The Morgan fingerprint density at radius 3 is 2.17 bits per heavy atom. The number of hydrogen-bond acceptors (Lipinski definition) is 5. The van der Waals surface area contributed by atoms with Crippen molar-refractivity contribution in [2.45, 2.75) is 64.1 Å². The third kappa shape index (κ3) is 4.78. The molecular formula is C31H38O5. The average Bonchev–Trinajstić information content (AvgIpc) is 2.87. The van der Waals surface area contributed by atoms with E-state index in [0.29, 0.717) is 12.2 Å². The Morgan fingerprint density at radius 2 is 1.61 bits per heavy atom. The number of hydrogen-bond donors (Lipinski definition) is 0. The van der Waals surface area contributed by atoms with Crippen LogP contribution in [0, 0.1) is 17.8 Å². The Labute approximate surface area is 214 Å². The van der Waals surface area contributed by atoms with Gasteiger partial charge in [0.1, 0.15) is 11.5 Å². The lowest BCUT2D eigenvalue weighted by atomic mass is 9.47. The van der Waals surface area contributed by atoms with Gasteiger partial charge in [0, 0.05) is 23.7 Å². The highest BCUT2D eigenvalue weighted by atomic mass is 16.7. The number of ether oxygens (including phenoxy) is 4. The molecule has 1 unspecified atom stereocenters. The highest BCUT2D eigenvalue weighted by molar-refractivity contribution is 5.89. The Morgan fingerprint density at radius 1 is 0.972 bits per heavy atom. The summed E-state index contributed by atoms with van der Waals surface area (Å²) in [6.45, 7) is 4.12. The first-order valence-electron chi connectivity index (χ1n) is 13.3. The zero-order valence-electron chi connectivity index (χ0n) is 21.9. The van der Waals surface area contributed by atoms with Gasteiger partial charge >= 0.3 is 5.97 Å². The van der Waals surface area contributed by atoms with Crippen LogP contribution in [0.15, 0.2) is 36.4 Å². The molecule has 0 spiro atoms. The molecule has 36 heavy (non-hydrogen) atoms. The van der Waals surface area contributed by atoms with Crippen molar-refractivity contribution in [2.24, 2.45) is 17.8 Å². The molecule has 192 valence electrons. The van der Waals surface area contributed by atoms with Crippen molar-refractivity contribution in [2.75, 3.05) is 20.8 Å². The van der Waals surface area contributed by atoms with Gasteiger partial charge in [0.25, 0.3) is 0 Å². The van der Waals surface area contributed by atoms with E-state index in [2.05, 4.69) is 24.3 Å². The van der Waals surface area contributed by atoms with Gasteiger partial charge in [-0.15, -0.1) is 0 Å². The van der Waals surface area contributed by atoms with Gasteiger partial charge in [-0.25, -0.2) is 4.79 Å². The fourth-order valence-electron chi connectivity index (χ4n) is 7.31. The molecule has 2 aromatic carbocycles. The summed E-state index contributed by atoms with van der Waals surface area (Å²) < 4.78 is 23.0. The van der Waals surface area contributed by atoms with Gasteiger partial charge in [0.15, 0.2) is 6.29 Å². The van der Waals surface area contributed by atoms with Crippen LogP contribution in [0.1, 0.15) is 79.4 Å². The standard InChI is InChI=1S/C31H38O5/c1-5-35-30(32)26-10-7-21(8-11-26)6-9-25-12-13-27(36-20(2)33-3)28(29(25)34-4)31-17-22-14-23(18-31)16-24(15-22)19-31/h6-13,20,22-24H,5,14-19H2,1-4H3. The molecule has 4 aliphatic carbocycles. The molecule has 5 heteroatoms. The predicted octanol–water partition coefficient (Wildman–Crippen LogP) is 6.88. The van der Waals surface area contributed by atoms with Crippen LogP contribution in [-0.4, -0.2) is 33.1 Å². The average molecular weight is 491 g/mol. The largest absolute Gasteiger partial charge is 0.496 e. The van der Waals surface area contributed by atoms with E-state index in [-0.39, 0.29) is 17.7 Å². The lowest BCUT2D eigenvalue weighted by Crippen LogP contribution is -2.49. The number of esters is 1. The first-order chi connectivity index (χ1) is 17.4. The second-order valence-corrected chi connectivity index (χ2v) is 10.9. The SMILES string of the molecule is CCOC(=O)c1ccc(C=Cc2ccc(OC(C)OC)c(C34CC5CC(CC(C5)C3)C4)c2OC)cc1. The number of benzene rings is 2. The zero-order valence-corrected chi connectivity index (χ0v) is 21.9. The molecule has 1 atom stereocenters. The molecule has 0 aromatic heterocycles. The number of methoxy groups -OCH3 is 2. The Bertz CT molecular complexity index is 1080. The molecule has 4 aliphatic rings. The van der Waals surface area contributed by atoms with Crippen LogP contribution in [-0.2, 0) is 14.9 Å². The Hall–Kier alpha value is -2.79. The minimum atomic E-state index is -0.332. The predicted molar refractivity (Wildman–Crippen MR) is 141 cm³/mol. The van der Waals surface area contributed by atoms with E-state index in [4.69, 9.17) is 18.9 Å². The molecule has 0 radical (unpaired) electrons. The summed E-state index contributed by atoms with van der Waals surface area (Å²) in [5, 5.41) is 0. The van der Waals surface area contributed by atoms with E-state index in [0.717, 1.165) is 40.4 Å². The maximum absolute atomic E-state index is 12.0. The zero-order chi connectivity index (χ0) is 25.3. The minimum Gasteiger partial charge on any atom is -0.496 e. The van der Waals surface area contributed by atoms with Crippen molar-refractivity contribution >= 4 is 18.1 Å². The van der Waals surface area contributed by atoms with Crippen LogP contribution in [0.5, 0.6) is 11.5 Å². The topological polar surface area (TPSA) is 54.0 Å². The van der Waals surface area contributed by atoms with E-state index in [1.54, 1.807) is 26.4 Å². The number of carbonyl (C=O) groups is 1. The third-order valence-corrected chi connectivity index (χ3v) is 8.42. The van der Waals surface area contributed by atoms with Crippen LogP contribution in [0.2, 0.25) is 0 Å². The third-order valence-electron chi connectivity index (χ3n) is 8.42. The molecule has 0 amide bonds. The quantitative estimate of drug-likeness (QED) is 0.218. The van der Waals surface area contributed by atoms with Crippen molar-refractivity contribution < 1.29 is 23.7 Å². The second-order valence-electron chi connectivity index (χ2n) is 10.9. The Balaban J connectivity index is 1.51. The summed E-state index contributed by atoms with van der Waals surface area (Å²) in [4.78, 5) is 12.0. The highest BCUT2D eigenvalue weighted by Crippen LogP contribution is 2.63. The summed E-state index contributed by atoms with van der Waals surface area (Å²) in [5.74, 6) is 3.94. The summed E-state index contributed by atoms with van der Waals surface area (Å²) in [6, 6.07) is 11.6. The fourth-order valence-corrected chi connectivity index (χ4v) is 7.31. The smallest absolute Gasteiger partial charge is 0.338 e. The molecule has 4 fully saturated rings. The van der Waals surface area contributed by atoms with Gasteiger partial charge < -0.3 is 18.9 Å². The van der Waals surface area contributed by atoms with Gasteiger partial charge in [-0.1, -0.05) is 24.3 Å². The first-order valence-corrected chi connectivity index (χ1v) is 13.3. The molecule has 0 heterocycles. The van der Waals surface area contributed by atoms with E-state index >= 15 is 0 Å². The fraction of sp³-hybridized carbons (Fsp3) is 0.516. The van der Waals surface area contributed by atoms with Crippen LogP contribution in [0.3, 0.4) is 0 Å². The summed E-state index contributed by atoms with van der Waals surface area (Å²) in [5.41, 5.74) is 3.94. The molecule has 0 saturated heterocycles.